The van der Waals surface area contributed by atoms with E-state index in [1.165, 1.54) is 6.33 Å². The molecule has 9 heteroatoms. The number of aromatic amines is 1. The Hall–Kier alpha value is -3.98. The number of morpholine rings is 1. The van der Waals surface area contributed by atoms with E-state index in [2.05, 4.69) is 25.6 Å². The quantitative estimate of drug-likeness (QED) is 0.506. The molecule has 2 aromatic heterocycles. The van der Waals surface area contributed by atoms with Crippen molar-refractivity contribution < 1.29 is 14.3 Å². The van der Waals surface area contributed by atoms with Gasteiger partial charge in [0.05, 0.1) is 24.4 Å². The first-order chi connectivity index (χ1) is 16.5. The monoisotopic (exact) mass is 458 g/mol. The third-order valence-electron chi connectivity index (χ3n) is 6.12. The van der Waals surface area contributed by atoms with E-state index in [1.807, 2.05) is 50.2 Å². The van der Waals surface area contributed by atoms with Crippen molar-refractivity contribution in [1.82, 2.24) is 19.9 Å². The van der Waals surface area contributed by atoms with Gasteiger partial charge < -0.3 is 25.3 Å². The normalized spacial score (nSPS) is 17.4. The summed E-state index contributed by atoms with van der Waals surface area (Å²) < 4.78 is 5.34. The first kappa shape index (κ1) is 21.8. The largest absolute Gasteiger partial charge is 0.378 e. The van der Waals surface area contributed by atoms with Gasteiger partial charge in [-0.3, -0.25) is 9.59 Å². The number of ether oxygens (including phenoxy) is 1. The maximum absolute atomic E-state index is 12.9. The molecule has 0 bridgehead atoms. The van der Waals surface area contributed by atoms with Gasteiger partial charge in [0.1, 0.15) is 23.7 Å². The summed E-state index contributed by atoms with van der Waals surface area (Å²) in [4.78, 5) is 39.4. The minimum atomic E-state index is -0.263. The number of fused-ring (bicyclic) bond motifs is 1. The van der Waals surface area contributed by atoms with E-state index in [0.717, 1.165) is 11.1 Å². The number of nitrogens with zero attached hydrogens (tertiary/aromatic N) is 3. The molecule has 34 heavy (non-hydrogen) atoms. The fourth-order valence-corrected chi connectivity index (χ4v) is 4.22. The molecule has 1 aromatic carbocycles. The minimum absolute atomic E-state index is 0.0258. The number of aryl methyl sites for hydroxylation is 1. The van der Waals surface area contributed by atoms with Gasteiger partial charge in [-0.2, -0.15) is 0 Å². The van der Waals surface area contributed by atoms with Crippen molar-refractivity contribution in [3.63, 3.8) is 0 Å². The van der Waals surface area contributed by atoms with Gasteiger partial charge in [-0.05, 0) is 37.1 Å². The van der Waals surface area contributed by atoms with E-state index in [9.17, 15) is 9.59 Å². The first-order valence-corrected chi connectivity index (χ1v) is 11.3. The predicted molar refractivity (Wildman–Crippen MR) is 129 cm³/mol. The van der Waals surface area contributed by atoms with Crippen LogP contribution in [0, 0.1) is 6.92 Å². The molecule has 9 nitrogen and oxygen atoms in total. The van der Waals surface area contributed by atoms with Crippen LogP contribution in [0.5, 0.6) is 0 Å². The lowest BCUT2D eigenvalue weighted by atomic mass is 10.1. The highest BCUT2D eigenvalue weighted by atomic mass is 16.5. The fourth-order valence-electron chi connectivity index (χ4n) is 4.22. The summed E-state index contributed by atoms with van der Waals surface area (Å²) in [5.74, 6) is 0.693. The van der Waals surface area contributed by atoms with Crippen LogP contribution < -0.4 is 10.6 Å². The van der Waals surface area contributed by atoms with Gasteiger partial charge in [0.15, 0.2) is 0 Å². The molecule has 3 aromatic rings. The van der Waals surface area contributed by atoms with Crippen molar-refractivity contribution in [1.29, 1.82) is 0 Å². The zero-order chi connectivity index (χ0) is 23.7. The highest BCUT2D eigenvalue weighted by molar-refractivity contribution is 6.35. The lowest BCUT2D eigenvalue weighted by Gasteiger charge is -2.26. The summed E-state index contributed by atoms with van der Waals surface area (Å²) in [7, 11) is 0. The summed E-state index contributed by atoms with van der Waals surface area (Å²) in [6.45, 7) is 6.15. The van der Waals surface area contributed by atoms with E-state index in [4.69, 9.17) is 4.74 Å². The second kappa shape index (κ2) is 9.11. The van der Waals surface area contributed by atoms with Gasteiger partial charge in [0, 0.05) is 24.8 Å². The van der Waals surface area contributed by atoms with Crippen molar-refractivity contribution in [3.8, 4) is 0 Å². The molecule has 4 heterocycles. The number of H-pyrrole nitrogens is 1. The molecule has 5 rings (SSSR count). The molecule has 2 amide bonds. The first-order valence-electron chi connectivity index (χ1n) is 11.3. The van der Waals surface area contributed by atoms with Gasteiger partial charge in [0.25, 0.3) is 11.8 Å². The smallest absolute Gasteiger partial charge is 0.270 e. The van der Waals surface area contributed by atoms with Gasteiger partial charge in [-0.15, -0.1) is 0 Å². The maximum Gasteiger partial charge on any atom is 0.270 e. The lowest BCUT2D eigenvalue weighted by molar-refractivity contribution is -0.110. The highest BCUT2D eigenvalue weighted by Crippen LogP contribution is 2.37. The molecule has 0 radical (unpaired) electrons. The summed E-state index contributed by atoms with van der Waals surface area (Å²) in [6, 6.07) is 11.8. The molecule has 2 aliphatic rings. The molecular formula is C25H26N6O3. The average molecular weight is 459 g/mol. The third kappa shape index (κ3) is 4.17. The van der Waals surface area contributed by atoms with E-state index >= 15 is 0 Å². The summed E-state index contributed by atoms with van der Waals surface area (Å²) in [6.07, 6.45) is 3.19. The Labute approximate surface area is 197 Å². The number of hydrogen-bond donors (Lipinski definition) is 3. The summed E-state index contributed by atoms with van der Waals surface area (Å²) >= 11 is 0. The van der Waals surface area contributed by atoms with Crippen LogP contribution in [0.1, 0.15) is 45.8 Å². The second-order valence-corrected chi connectivity index (χ2v) is 8.42. The van der Waals surface area contributed by atoms with Gasteiger partial charge in [-0.25, -0.2) is 9.97 Å². The number of benzene rings is 1. The molecule has 1 unspecified atom stereocenters. The number of rotatable bonds is 5. The van der Waals surface area contributed by atoms with Crippen molar-refractivity contribution in [3.05, 3.63) is 70.8 Å². The van der Waals surface area contributed by atoms with E-state index < -0.39 is 0 Å². The van der Waals surface area contributed by atoms with Crippen molar-refractivity contribution in [2.75, 3.05) is 36.9 Å². The van der Waals surface area contributed by atoms with Crippen LogP contribution in [-0.2, 0) is 9.53 Å². The second-order valence-electron chi connectivity index (χ2n) is 8.42. The SMILES string of the molecule is Cc1cc(C(=O)N2CCOCC2)[nH]c1C=C1C(=O)Nc2ncnc(NC(C)c3ccccc3)c21. The Bertz CT molecular complexity index is 1260. The Morgan fingerprint density at radius 1 is 1.21 bits per heavy atom. The number of amides is 2. The molecule has 1 atom stereocenters. The van der Waals surface area contributed by atoms with Crippen molar-refractivity contribution in [2.24, 2.45) is 0 Å². The Kier molecular flexibility index (Phi) is 5.85. The van der Waals surface area contributed by atoms with Crippen LogP contribution in [0.3, 0.4) is 0 Å². The van der Waals surface area contributed by atoms with Crippen LogP contribution in [0.2, 0.25) is 0 Å². The fraction of sp³-hybridized carbons (Fsp3) is 0.280. The maximum atomic E-state index is 12.9. The molecule has 174 valence electrons. The average Bonchev–Trinajstić information content (AvgIpc) is 3.39. The van der Waals surface area contributed by atoms with Crippen LogP contribution >= 0.6 is 0 Å². The van der Waals surface area contributed by atoms with Gasteiger partial charge >= 0.3 is 0 Å². The number of aromatic nitrogens is 3. The highest BCUT2D eigenvalue weighted by Gasteiger charge is 2.30. The number of anilines is 2. The van der Waals surface area contributed by atoms with Crippen LogP contribution in [-0.4, -0.2) is 58.0 Å². The van der Waals surface area contributed by atoms with E-state index in [0.29, 0.717) is 60.5 Å². The zero-order valence-corrected chi connectivity index (χ0v) is 19.1. The molecule has 0 aliphatic carbocycles. The molecule has 3 N–H and O–H groups in total. The van der Waals surface area contributed by atoms with Crippen LogP contribution in [0.15, 0.2) is 42.7 Å². The number of nitrogens with one attached hydrogen (secondary N) is 3. The minimum Gasteiger partial charge on any atom is -0.378 e. The predicted octanol–water partition coefficient (Wildman–Crippen LogP) is 3.25. The van der Waals surface area contributed by atoms with Crippen LogP contribution in [0.4, 0.5) is 11.6 Å². The number of carbonyl (C=O) groups is 2. The molecule has 1 fully saturated rings. The van der Waals surface area contributed by atoms with Gasteiger partial charge in [-0.1, -0.05) is 30.3 Å². The molecule has 0 spiro atoms. The number of hydrogen-bond acceptors (Lipinski definition) is 6. The molecule has 1 saturated heterocycles. The Balaban J connectivity index is 1.46. The summed E-state index contributed by atoms with van der Waals surface area (Å²) in [5.41, 5.74) is 4.21. The van der Waals surface area contributed by atoms with Gasteiger partial charge in [0.2, 0.25) is 0 Å². The summed E-state index contributed by atoms with van der Waals surface area (Å²) in [5, 5.41) is 6.23. The zero-order valence-electron chi connectivity index (χ0n) is 19.1. The van der Waals surface area contributed by atoms with E-state index in [-0.39, 0.29) is 17.9 Å². The topological polar surface area (TPSA) is 112 Å². The molecule has 0 saturated carbocycles. The standard InChI is InChI=1S/C25H26N6O3/c1-15-12-20(25(33)31-8-10-34-11-9-31)29-19(15)13-18-21-22(26-14-27-23(21)30-24(18)32)28-16(2)17-6-4-3-5-7-17/h3-7,12-14,16,29H,8-11H2,1-2H3,(H2,26,27,28,30,32). The Morgan fingerprint density at radius 2 is 1.97 bits per heavy atom. The number of carbonyl (C=O) groups excluding carboxylic acids is 2. The van der Waals surface area contributed by atoms with Crippen molar-refractivity contribution in [2.45, 2.75) is 19.9 Å². The molecular weight excluding hydrogens is 432 g/mol. The van der Waals surface area contributed by atoms with Crippen molar-refractivity contribution >= 4 is 35.1 Å². The third-order valence-corrected chi connectivity index (χ3v) is 6.12. The molecule has 2 aliphatic heterocycles. The van der Waals surface area contributed by atoms with E-state index in [1.54, 1.807) is 11.0 Å². The lowest BCUT2D eigenvalue weighted by Crippen LogP contribution is -2.40. The van der Waals surface area contributed by atoms with Crippen LogP contribution in [0.25, 0.3) is 11.6 Å². The Morgan fingerprint density at radius 3 is 2.74 bits per heavy atom.